The fraction of sp³-hybridized carbons (Fsp3) is 0.857. The summed E-state index contributed by atoms with van der Waals surface area (Å²) < 4.78 is 0. The molecule has 0 saturated carbocycles. The van der Waals surface area contributed by atoms with E-state index in [1.807, 2.05) is 0 Å². The Morgan fingerprint density at radius 2 is 1.93 bits per heavy atom. The van der Waals surface area contributed by atoms with Crippen LogP contribution in [0.15, 0.2) is 11.1 Å². The van der Waals surface area contributed by atoms with Crippen molar-refractivity contribution in [3.05, 3.63) is 11.1 Å². The number of hydrogen-bond acceptors (Lipinski definition) is 1. The van der Waals surface area contributed by atoms with Gasteiger partial charge in [-0.1, -0.05) is 25.0 Å². The van der Waals surface area contributed by atoms with Crippen LogP contribution in [0, 0.1) is 5.41 Å². The summed E-state index contributed by atoms with van der Waals surface area (Å²) in [6.07, 6.45) is 6.63. The zero-order valence-electron chi connectivity index (χ0n) is 11.2. The lowest BCUT2D eigenvalue weighted by Gasteiger charge is -2.40. The highest BCUT2D eigenvalue weighted by Crippen LogP contribution is 2.42. The molecule has 0 aliphatic heterocycles. The molecule has 0 saturated heterocycles. The second kappa shape index (κ2) is 5.16. The lowest BCUT2D eigenvalue weighted by atomic mass is 9.69. The first-order chi connectivity index (χ1) is 7.03. The summed E-state index contributed by atoms with van der Waals surface area (Å²) in [5.41, 5.74) is 3.96. The van der Waals surface area contributed by atoms with Crippen LogP contribution in [0.5, 0.6) is 0 Å². The van der Waals surface area contributed by atoms with Crippen LogP contribution in [0.3, 0.4) is 0 Å². The first-order valence-electron chi connectivity index (χ1n) is 6.35. The van der Waals surface area contributed by atoms with Crippen LogP contribution in [-0.2, 0) is 0 Å². The summed E-state index contributed by atoms with van der Waals surface area (Å²) in [6.45, 7) is 8.24. The maximum atomic E-state index is 2.35. The van der Waals surface area contributed by atoms with Gasteiger partial charge in [0.1, 0.15) is 0 Å². The smallest absolute Gasteiger partial charge is 0.00350 e. The Kier molecular flexibility index (Phi) is 4.39. The predicted octanol–water partition coefficient (Wildman–Crippen LogP) is 3.85. The monoisotopic (exact) mass is 209 g/mol. The topological polar surface area (TPSA) is 3.24 Å². The molecule has 1 atom stereocenters. The third kappa shape index (κ3) is 3.07. The molecule has 1 unspecified atom stereocenters. The minimum Gasteiger partial charge on any atom is -0.309 e. The van der Waals surface area contributed by atoms with Gasteiger partial charge in [0.15, 0.2) is 0 Å². The molecule has 0 fully saturated rings. The molecule has 1 aliphatic rings. The van der Waals surface area contributed by atoms with Gasteiger partial charge in [-0.3, -0.25) is 0 Å². The van der Waals surface area contributed by atoms with Crippen LogP contribution in [0.4, 0.5) is 0 Å². The Bertz CT molecular complexity index is 240. The minimum absolute atomic E-state index is 0.562. The molecular weight excluding hydrogens is 182 g/mol. The van der Waals surface area contributed by atoms with Crippen molar-refractivity contribution in [1.82, 2.24) is 4.90 Å². The van der Waals surface area contributed by atoms with Crippen molar-refractivity contribution in [2.45, 2.75) is 52.9 Å². The highest BCUT2D eigenvalue weighted by atomic mass is 15.1. The maximum absolute atomic E-state index is 2.35. The first-order valence-corrected chi connectivity index (χ1v) is 6.35. The highest BCUT2D eigenvalue weighted by Gasteiger charge is 2.32. The summed E-state index contributed by atoms with van der Waals surface area (Å²) >= 11 is 0. The van der Waals surface area contributed by atoms with Gasteiger partial charge in [0.25, 0.3) is 0 Å². The number of nitrogens with zero attached hydrogens (tertiary/aromatic N) is 1. The Morgan fingerprint density at radius 3 is 2.33 bits per heavy atom. The van der Waals surface area contributed by atoms with Crippen LogP contribution in [-0.4, -0.2) is 25.5 Å². The van der Waals surface area contributed by atoms with E-state index >= 15 is 0 Å². The molecule has 0 bridgehead atoms. The molecule has 0 aromatic rings. The zero-order valence-corrected chi connectivity index (χ0v) is 11.2. The fourth-order valence-electron chi connectivity index (χ4n) is 3.10. The van der Waals surface area contributed by atoms with E-state index in [1.54, 1.807) is 11.1 Å². The van der Waals surface area contributed by atoms with Gasteiger partial charge in [0, 0.05) is 6.54 Å². The van der Waals surface area contributed by atoms with Crippen LogP contribution in [0.2, 0.25) is 0 Å². The number of allylic oxidation sites excluding steroid dienone is 2. The van der Waals surface area contributed by atoms with Gasteiger partial charge < -0.3 is 4.90 Å². The van der Waals surface area contributed by atoms with Crippen molar-refractivity contribution in [2.75, 3.05) is 20.6 Å². The molecule has 0 aromatic heterocycles. The summed E-state index contributed by atoms with van der Waals surface area (Å²) in [5.74, 6) is 0. The van der Waals surface area contributed by atoms with E-state index in [0.29, 0.717) is 5.41 Å². The van der Waals surface area contributed by atoms with Crippen LogP contribution in [0.1, 0.15) is 52.9 Å². The van der Waals surface area contributed by atoms with Gasteiger partial charge >= 0.3 is 0 Å². The largest absolute Gasteiger partial charge is 0.309 e. The third-order valence-electron chi connectivity index (χ3n) is 4.03. The van der Waals surface area contributed by atoms with E-state index < -0.39 is 0 Å². The molecule has 1 aliphatic carbocycles. The van der Waals surface area contributed by atoms with E-state index in [1.165, 1.54) is 38.6 Å². The van der Waals surface area contributed by atoms with Gasteiger partial charge in [0.05, 0.1) is 0 Å². The van der Waals surface area contributed by atoms with E-state index in [2.05, 4.69) is 39.8 Å². The van der Waals surface area contributed by atoms with Gasteiger partial charge in [-0.2, -0.15) is 0 Å². The van der Waals surface area contributed by atoms with Crippen LogP contribution >= 0.6 is 0 Å². The molecule has 0 radical (unpaired) electrons. The second-order valence-electron chi connectivity index (χ2n) is 5.51. The fourth-order valence-corrected chi connectivity index (χ4v) is 3.10. The molecule has 0 aromatic carbocycles. The predicted molar refractivity (Wildman–Crippen MR) is 68.1 cm³/mol. The Morgan fingerprint density at radius 1 is 1.27 bits per heavy atom. The van der Waals surface area contributed by atoms with Crippen LogP contribution < -0.4 is 0 Å². The van der Waals surface area contributed by atoms with Gasteiger partial charge in [0.2, 0.25) is 0 Å². The quantitative estimate of drug-likeness (QED) is 0.636. The minimum atomic E-state index is 0.562. The van der Waals surface area contributed by atoms with E-state index in [-0.39, 0.29) is 0 Å². The van der Waals surface area contributed by atoms with Crippen LogP contribution in [0.25, 0.3) is 0 Å². The third-order valence-corrected chi connectivity index (χ3v) is 4.03. The molecule has 15 heavy (non-hydrogen) atoms. The molecule has 0 amide bonds. The maximum Gasteiger partial charge on any atom is 0.00350 e. The molecular formula is C14H27N. The molecule has 1 heteroatoms. The van der Waals surface area contributed by atoms with Crippen molar-refractivity contribution in [3.8, 4) is 0 Å². The molecule has 0 N–H and O–H groups in total. The molecule has 0 heterocycles. The highest BCUT2D eigenvalue weighted by molar-refractivity contribution is 5.18. The van der Waals surface area contributed by atoms with E-state index in [4.69, 9.17) is 0 Å². The lowest BCUT2D eigenvalue weighted by molar-refractivity contribution is 0.162. The second-order valence-corrected chi connectivity index (χ2v) is 5.51. The molecule has 88 valence electrons. The SMILES string of the molecule is CCC1=C(C)CC(CC)(CN(C)C)CC1. The Hall–Kier alpha value is -0.300. The summed E-state index contributed by atoms with van der Waals surface area (Å²) in [5, 5.41) is 0. The van der Waals surface area contributed by atoms with Gasteiger partial charge in [-0.25, -0.2) is 0 Å². The first kappa shape index (κ1) is 12.8. The van der Waals surface area contributed by atoms with Crippen molar-refractivity contribution < 1.29 is 0 Å². The van der Waals surface area contributed by atoms with Gasteiger partial charge in [-0.05, 0) is 58.5 Å². The average Bonchev–Trinajstić information content (AvgIpc) is 2.17. The van der Waals surface area contributed by atoms with E-state index in [0.717, 1.165) is 0 Å². The average molecular weight is 209 g/mol. The molecule has 1 rings (SSSR count). The van der Waals surface area contributed by atoms with Crippen molar-refractivity contribution in [2.24, 2.45) is 5.41 Å². The number of rotatable bonds is 4. The molecule has 0 spiro atoms. The standard InChI is InChI=1S/C14H27N/c1-6-13-8-9-14(7-2,10-12(13)3)11-15(4)5/h6-11H2,1-5H3. The Balaban J connectivity index is 2.76. The zero-order chi connectivity index (χ0) is 11.5. The summed E-state index contributed by atoms with van der Waals surface area (Å²) in [4.78, 5) is 2.35. The lowest BCUT2D eigenvalue weighted by Crippen LogP contribution is -2.35. The van der Waals surface area contributed by atoms with Gasteiger partial charge in [-0.15, -0.1) is 0 Å². The van der Waals surface area contributed by atoms with E-state index in [9.17, 15) is 0 Å². The summed E-state index contributed by atoms with van der Waals surface area (Å²) in [7, 11) is 4.40. The number of hydrogen-bond donors (Lipinski definition) is 0. The normalized spacial score (nSPS) is 27.6. The Labute approximate surface area is 95.5 Å². The summed E-state index contributed by atoms with van der Waals surface area (Å²) in [6, 6.07) is 0. The molecule has 1 nitrogen and oxygen atoms in total. The van der Waals surface area contributed by atoms with Crippen molar-refractivity contribution in [1.29, 1.82) is 0 Å². The van der Waals surface area contributed by atoms with Crippen molar-refractivity contribution in [3.63, 3.8) is 0 Å². The van der Waals surface area contributed by atoms with Crippen molar-refractivity contribution >= 4 is 0 Å².